The molecule has 268 valence electrons. The number of hydrogen-bond donors (Lipinski definition) is 7. The number of rotatable bonds is 17. The van der Waals surface area contributed by atoms with Crippen LogP contribution in [0, 0.1) is 5.92 Å². The largest absolute Gasteiger partial charge is 0.480 e. The molecule has 0 spiro atoms. The average Bonchev–Trinajstić information content (AvgIpc) is 3.10. The van der Waals surface area contributed by atoms with Crippen molar-refractivity contribution in [1.29, 1.82) is 0 Å². The molecule has 0 aliphatic heterocycles. The first-order valence-corrected chi connectivity index (χ1v) is 16.8. The summed E-state index contributed by atoms with van der Waals surface area (Å²) >= 11 is 0. The molecule has 13 nitrogen and oxygen atoms in total. The van der Waals surface area contributed by atoms with Crippen LogP contribution >= 0.6 is 0 Å². The fourth-order valence-electron chi connectivity index (χ4n) is 6.35. The molecule has 0 saturated heterocycles. The molecule has 3 aromatic rings. The van der Waals surface area contributed by atoms with Crippen LogP contribution in [0.1, 0.15) is 63.4 Å². The van der Waals surface area contributed by atoms with Crippen molar-refractivity contribution in [2.24, 2.45) is 5.92 Å². The van der Waals surface area contributed by atoms with Gasteiger partial charge >= 0.3 is 23.9 Å². The van der Waals surface area contributed by atoms with E-state index in [9.17, 15) is 43.4 Å². The number of amides is 4. The number of carboxylic acid groups (broad SMARTS) is 3. The summed E-state index contributed by atoms with van der Waals surface area (Å²) in [7, 11) is 0. The number of benzene rings is 3. The summed E-state index contributed by atoms with van der Waals surface area (Å²) in [6.07, 6.45) is 1.65. The van der Waals surface area contributed by atoms with Gasteiger partial charge in [0.25, 0.3) is 0 Å². The Morgan fingerprint density at radius 3 is 1.88 bits per heavy atom. The second-order valence-corrected chi connectivity index (χ2v) is 12.6. The number of unbranched alkanes of at least 4 members (excludes halogenated alkanes) is 1. The van der Waals surface area contributed by atoms with Crippen LogP contribution < -0.4 is 21.3 Å². The van der Waals surface area contributed by atoms with Gasteiger partial charge in [-0.15, -0.1) is 0 Å². The molecule has 0 aromatic heterocycles. The first-order chi connectivity index (χ1) is 23.9. The molecular formula is C36H43FN4O9. The second-order valence-electron chi connectivity index (χ2n) is 12.6. The lowest BCUT2D eigenvalue weighted by molar-refractivity contribution is -0.145. The van der Waals surface area contributed by atoms with Crippen LogP contribution in [0.15, 0.2) is 54.6 Å². The fourth-order valence-corrected chi connectivity index (χ4v) is 6.35. The van der Waals surface area contributed by atoms with Gasteiger partial charge in [-0.05, 0) is 65.3 Å². The molecule has 4 rings (SSSR count). The molecule has 7 N–H and O–H groups in total. The van der Waals surface area contributed by atoms with Crippen molar-refractivity contribution in [1.82, 2.24) is 21.3 Å². The Morgan fingerprint density at radius 1 is 0.720 bits per heavy atom. The van der Waals surface area contributed by atoms with Crippen molar-refractivity contribution in [2.45, 2.75) is 88.5 Å². The highest BCUT2D eigenvalue weighted by Gasteiger charge is 2.30. The van der Waals surface area contributed by atoms with E-state index in [1.165, 1.54) is 0 Å². The van der Waals surface area contributed by atoms with Crippen LogP contribution in [0.4, 0.5) is 9.18 Å². The van der Waals surface area contributed by atoms with Gasteiger partial charge in [0.2, 0.25) is 11.8 Å². The Balaban J connectivity index is 1.38. The molecule has 0 bridgehead atoms. The maximum Gasteiger partial charge on any atom is 0.338 e. The molecule has 14 heteroatoms. The zero-order valence-corrected chi connectivity index (χ0v) is 27.5. The molecule has 0 heterocycles. The average molecular weight is 695 g/mol. The van der Waals surface area contributed by atoms with Gasteiger partial charge in [-0.3, -0.25) is 9.59 Å². The van der Waals surface area contributed by atoms with E-state index in [4.69, 9.17) is 5.11 Å². The standard InChI is InChI=1S/C36H43FN4O9/c37-27(33(44)45)20-30(35(48)49)41-36(50)40-28(34(46)47)16-8-9-17-38-32(43)29(39-31(42)21-10-2-1-3-11-21)19-26-24-14-6-4-12-22(24)18-23-13-5-7-15-25(23)26/h4-7,12-15,18,21,27-30H,1-3,8-11,16-17,19-20H2,(H,38,43)(H,39,42)(H,44,45)(H,46,47)(H,48,49)(H2,40,41,50)/t27-,28+,29+,30+/m1/s1. The number of hydrogen-bond acceptors (Lipinski definition) is 6. The fraction of sp³-hybridized carbons (Fsp3) is 0.444. The zero-order valence-electron chi connectivity index (χ0n) is 27.5. The molecule has 0 radical (unpaired) electrons. The van der Waals surface area contributed by atoms with Gasteiger partial charge in [-0.25, -0.2) is 23.6 Å². The molecule has 4 atom stereocenters. The van der Waals surface area contributed by atoms with Crippen LogP contribution in [0.2, 0.25) is 0 Å². The summed E-state index contributed by atoms with van der Waals surface area (Å²) in [5, 5.41) is 41.3. The minimum absolute atomic E-state index is 0.0823. The van der Waals surface area contributed by atoms with E-state index in [1.54, 1.807) is 0 Å². The smallest absolute Gasteiger partial charge is 0.338 e. The monoisotopic (exact) mass is 694 g/mol. The molecule has 0 unspecified atom stereocenters. The third-order valence-corrected chi connectivity index (χ3v) is 9.04. The minimum atomic E-state index is -2.55. The molecule has 50 heavy (non-hydrogen) atoms. The van der Waals surface area contributed by atoms with E-state index in [-0.39, 0.29) is 43.5 Å². The number of halogens is 1. The predicted molar refractivity (Wildman–Crippen MR) is 182 cm³/mol. The highest BCUT2D eigenvalue weighted by molar-refractivity contribution is 6.03. The number of urea groups is 1. The maximum atomic E-state index is 13.7. The number of carbonyl (C=O) groups excluding carboxylic acids is 3. The first-order valence-electron chi connectivity index (χ1n) is 16.8. The summed E-state index contributed by atoms with van der Waals surface area (Å²) < 4.78 is 13.5. The number of nitrogens with one attached hydrogen (secondary N) is 4. The van der Waals surface area contributed by atoms with Crippen LogP contribution in [-0.2, 0) is 30.4 Å². The number of alkyl halides is 1. The van der Waals surface area contributed by atoms with Crippen molar-refractivity contribution in [3.05, 3.63) is 60.2 Å². The number of carboxylic acids is 3. The van der Waals surface area contributed by atoms with Gasteiger partial charge in [0.05, 0.1) is 0 Å². The predicted octanol–water partition coefficient (Wildman–Crippen LogP) is 3.91. The second kappa shape index (κ2) is 17.9. The van der Waals surface area contributed by atoms with Gasteiger partial charge in [0.1, 0.15) is 18.1 Å². The Hall–Kier alpha value is -5.27. The summed E-state index contributed by atoms with van der Waals surface area (Å²) in [5.41, 5.74) is 0.937. The van der Waals surface area contributed by atoms with Crippen molar-refractivity contribution in [2.75, 3.05) is 6.54 Å². The summed E-state index contributed by atoms with van der Waals surface area (Å²) in [5.74, 6) is -5.69. The molecule has 1 fully saturated rings. The van der Waals surface area contributed by atoms with Gasteiger partial charge in [0.15, 0.2) is 6.17 Å². The molecule has 1 saturated carbocycles. The maximum absolute atomic E-state index is 13.7. The first kappa shape index (κ1) is 37.5. The van der Waals surface area contributed by atoms with Crippen LogP contribution in [0.5, 0.6) is 0 Å². The lowest BCUT2D eigenvalue weighted by Gasteiger charge is -2.25. The highest BCUT2D eigenvalue weighted by atomic mass is 19.1. The van der Waals surface area contributed by atoms with Gasteiger partial charge in [0, 0.05) is 25.3 Å². The Bertz CT molecular complexity index is 1660. The third kappa shape index (κ3) is 10.4. The van der Waals surface area contributed by atoms with Crippen molar-refractivity contribution in [3.8, 4) is 0 Å². The Morgan fingerprint density at radius 2 is 1.30 bits per heavy atom. The van der Waals surface area contributed by atoms with E-state index < -0.39 is 54.7 Å². The number of fused-ring (bicyclic) bond motifs is 2. The van der Waals surface area contributed by atoms with Gasteiger partial charge in [-0.1, -0.05) is 67.8 Å². The molecule has 1 aliphatic rings. The Labute approximate surface area is 288 Å². The summed E-state index contributed by atoms with van der Waals surface area (Å²) in [6, 6.07) is 12.4. The van der Waals surface area contributed by atoms with E-state index in [0.717, 1.165) is 59.2 Å². The number of aliphatic carboxylic acids is 3. The summed E-state index contributed by atoms with van der Waals surface area (Å²) in [6.45, 7) is 0.150. The zero-order chi connectivity index (χ0) is 36.2. The van der Waals surface area contributed by atoms with Crippen molar-refractivity contribution in [3.63, 3.8) is 0 Å². The van der Waals surface area contributed by atoms with Crippen molar-refractivity contribution < 1.29 is 48.5 Å². The van der Waals surface area contributed by atoms with Crippen LogP contribution in [-0.4, -0.2) is 81.9 Å². The lowest BCUT2D eigenvalue weighted by atomic mass is 9.88. The molecule has 4 amide bonds. The quantitative estimate of drug-likeness (QED) is 0.0806. The van der Waals surface area contributed by atoms with Crippen molar-refractivity contribution >= 4 is 57.3 Å². The van der Waals surface area contributed by atoms with Gasteiger partial charge < -0.3 is 36.6 Å². The normalized spacial score (nSPS) is 15.7. The highest BCUT2D eigenvalue weighted by Crippen LogP contribution is 2.30. The topological polar surface area (TPSA) is 211 Å². The van der Waals surface area contributed by atoms with E-state index in [0.29, 0.717) is 6.42 Å². The summed E-state index contributed by atoms with van der Waals surface area (Å²) in [4.78, 5) is 73.2. The van der Waals surface area contributed by atoms with E-state index in [2.05, 4.69) is 22.0 Å². The van der Waals surface area contributed by atoms with E-state index >= 15 is 0 Å². The third-order valence-electron chi connectivity index (χ3n) is 9.04. The van der Waals surface area contributed by atoms with Gasteiger partial charge in [-0.2, -0.15) is 0 Å². The van der Waals surface area contributed by atoms with Crippen LogP contribution in [0.3, 0.4) is 0 Å². The molecule has 1 aliphatic carbocycles. The lowest BCUT2D eigenvalue weighted by Crippen LogP contribution is -2.52. The SMILES string of the molecule is O=C(N[C@@H](CCCCNC(=O)[C@H](Cc1c2ccccc2cc2ccccc12)NC(=O)C1CCCCC1)C(=O)O)N[C@@H](C[C@@H](F)C(=O)O)C(=O)O. The molecule has 3 aromatic carbocycles. The Kier molecular flexibility index (Phi) is 13.5. The van der Waals surface area contributed by atoms with Crippen LogP contribution in [0.25, 0.3) is 21.5 Å². The molecular weight excluding hydrogens is 651 g/mol. The number of carbonyl (C=O) groups is 6. The van der Waals surface area contributed by atoms with E-state index in [1.807, 2.05) is 53.8 Å². The minimum Gasteiger partial charge on any atom is -0.480 e.